The predicted molar refractivity (Wildman–Crippen MR) is 138 cm³/mol. The van der Waals surface area contributed by atoms with Gasteiger partial charge in [-0.1, -0.05) is 54.4 Å². The van der Waals surface area contributed by atoms with Crippen LogP contribution in [-0.2, 0) is 14.8 Å². The Labute approximate surface area is 211 Å². The van der Waals surface area contributed by atoms with E-state index < -0.39 is 16.1 Å². The number of amides is 2. The molecular weight excluding hydrogens is 474 g/mol. The van der Waals surface area contributed by atoms with Crippen molar-refractivity contribution in [2.45, 2.75) is 37.1 Å². The predicted octanol–water partition coefficient (Wildman–Crippen LogP) is 4.35. The Balaban J connectivity index is 1.52. The average Bonchev–Trinajstić information content (AvgIpc) is 3.05. The number of fused-ring (bicyclic) bond motifs is 1. The van der Waals surface area contributed by atoms with Crippen molar-refractivity contribution in [2.75, 3.05) is 25.0 Å². The summed E-state index contributed by atoms with van der Waals surface area (Å²) in [5, 5.41) is 2.93. The van der Waals surface area contributed by atoms with Gasteiger partial charge in [-0.3, -0.25) is 9.59 Å². The van der Waals surface area contributed by atoms with Crippen molar-refractivity contribution in [3.05, 3.63) is 95.1 Å². The molecule has 2 amide bonds. The fourth-order valence-electron chi connectivity index (χ4n) is 5.00. The van der Waals surface area contributed by atoms with Crippen LogP contribution in [0.15, 0.2) is 77.7 Å². The van der Waals surface area contributed by atoms with Gasteiger partial charge < -0.3 is 10.2 Å². The lowest BCUT2D eigenvalue weighted by atomic mass is 9.94. The van der Waals surface area contributed by atoms with Crippen LogP contribution in [0.25, 0.3) is 0 Å². The van der Waals surface area contributed by atoms with E-state index in [4.69, 9.17) is 0 Å². The summed E-state index contributed by atoms with van der Waals surface area (Å²) in [6.45, 7) is 2.88. The van der Waals surface area contributed by atoms with Crippen molar-refractivity contribution in [3.8, 4) is 0 Å². The molecule has 7 nitrogen and oxygen atoms in total. The quantitative estimate of drug-likeness (QED) is 0.573. The minimum atomic E-state index is -3.60. The van der Waals surface area contributed by atoms with E-state index in [1.165, 1.54) is 16.4 Å². The lowest BCUT2D eigenvalue weighted by Crippen LogP contribution is -2.39. The van der Waals surface area contributed by atoms with Crippen LogP contribution in [0.3, 0.4) is 0 Å². The topological polar surface area (TPSA) is 86.8 Å². The smallest absolute Gasteiger partial charge is 0.255 e. The molecule has 1 fully saturated rings. The maximum absolute atomic E-state index is 13.8. The van der Waals surface area contributed by atoms with E-state index in [0.29, 0.717) is 24.3 Å². The second-order valence-corrected chi connectivity index (χ2v) is 11.3. The van der Waals surface area contributed by atoms with Gasteiger partial charge in [-0.15, -0.1) is 0 Å². The van der Waals surface area contributed by atoms with Crippen LogP contribution >= 0.6 is 0 Å². The number of benzene rings is 3. The molecule has 2 heterocycles. The van der Waals surface area contributed by atoms with Crippen LogP contribution in [0.5, 0.6) is 0 Å². The molecule has 0 radical (unpaired) electrons. The van der Waals surface area contributed by atoms with Gasteiger partial charge in [0.05, 0.1) is 10.9 Å². The number of nitrogens with one attached hydrogen (secondary N) is 1. The fraction of sp³-hybridized carbons (Fsp3) is 0.286. The Morgan fingerprint density at radius 1 is 0.917 bits per heavy atom. The number of carbonyl (C=O) groups is 2. The number of nitrogens with zero attached hydrogens (tertiary/aromatic N) is 2. The van der Waals surface area contributed by atoms with Crippen molar-refractivity contribution in [3.63, 3.8) is 0 Å². The Morgan fingerprint density at radius 2 is 1.61 bits per heavy atom. The van der Waals surface area contributed by atoms with E-state index in [2.05, 4.69) is 5.32 Å². The lowest BCUT2D eigenvalue weighted by molar-refractivity contribution is -0.117. The first-order valence-corrected chi connectivity index (χ1v) is 13.6. The Hall–Kier alpha value is -3.49. The van der Waals surface area contributed by atoms with E-state index >= 15 is 0 Å². The van der Waals surface area contributed by atoms with Crippen molar-refractivity contribution in [2.24, 2.45) is 0 Å². The first-order valence-electron chi connectivity index (χ1n) is 12.2. The number of sulfonamides is 1. The van der Waals surface area contributed by atoms with Gasteiger partial charge in [0.25, 0.3) is 5.91 Å². The third kappa shape index (κ3) is 4.66. The summed E-state index contributed by atoms with van der Waals surface area (Å²) in [5.74, 6) is -0.619. The molecule has 0 aromatic heterocycles. The molecule has 0 unspecified atom stereocenters. The van der Waals surface area contributed by atoms with Gasteiger partial charge in [-0.2, -0.15) is 4.31 Å². The molecule has 186 valence electrons. The molecule has 3 aromatic rings. The molecule has 8 heteroatoms. The number of piperidine rings is 1. The van der Waals surface area contributed by atoms with E-state index in [1.807, 2.05) is 55.5 Å². The normalized spacial score (nSPS) is 18.8. The lowest BCUT2D eigenvalue weighted by Gasteiger charge is -2.31. The molecule has 2 aliphatic heterocycles. The van der Waals surface area contributed by atoms with Crippen LogP contribution in [0.4, 0.5) is 5.69 Å². The molecular formula is C28H29N3O4S. The highest BCUT2D eigenvalue weighted by Crippen LogP contribution is 2.37. The molecule has 2 aliphatic rings. The summed E-state index contributed by atoms with van der Waals surface area (Å²) in [4.78, 5) is 28.4. The number of hydrogen-bond donors (Lipinski definition) is 1. The zero-order valence-corrected chi connectivity index (χ0v) is 21.0. The summed E-state index contributed by atoms with van der Waals surface area (Å²) >= 11 is 0. The highest BCUT2D eigenvalue weighted by atomic mass is 32.2. The van der Waals surface area contributed by atoms with Gasteiger partial charge in [0.1, 0.15) is 6.54 Å². The molecule has 5 rings (SSSR count). The van der Waals surface area contributed by atoms with Gasteiger partial charge >= 0.3 is 0 Å². The SMILES string of the molecule is Cc1ccc2c(c1)[C@@H](c1ccccc1)N(C(=O)c1ccc(S(=O)(=O)N3CCCCC3)cc1)CC(=O)N2. The van der Waals surface area contributed by atoms with Crippen molar-refractivity contribution in [1.29, 1.82) is 0 Å². The van der Waals surface area contributed by atoms with Crippen molar-refractivity contribution < 1.29 is 18.0 Å². The van der Waals surface area contributed by atoms with Crippen LogP contribution in [0, 0.1) is 6.92 Å². The number of carbonyl (C=O) groups excluding carboxylic acids is 2. The van der Waals surface area contributed by atoms with Gasteiger partial charge in [0.2, 0.25) is 15.9 Å². The molecule has 1 saturated heterocycles. The molecule has 0 bridgehead atoms. The van der Waals surface area contributed by atoms with Crippen LogP contribution in [0.1, 0.15) is 52.4 Å². The molecule has 1 atom stereocenters. The Morgan fingerprint density at radius 3 is 2.31 bits per heavy atom. The average molecular weight is 504 g/mol. The van der Waals surface area contributed by atoms with E-state index in [1.54, 1.807) is 17.0 Å². The van der Waals surface area contributed by atoms with Crippen LogP contribution in [-0.4, -0.2) is 49.1 Å². The minimum Gasteiger partial charge on any atom is -0.324 e. The molecule has 0 spiro atoms. The largest absolute Gasteiger partial charge is 0.324 e. The maximum atomic E-state index is 13.8. The van der Waals surface area contributed by atoms with Crippen molar-refractivity contribution >= 4 is 27.5 Å². The molecule has 1 N–H and O–H groups in total. The summed E-state index contributed by atoms with van der Waals surface area (Å²) in [7, 11) is -3.60. The number of aryl methyl sites for hydroxylation is 1. The number of anilines is 1. The Kier molecular flexibility index (Phi) is 6.64. The standard InChI is InChI=1S/C28H29N3O4S/c1-20-10-15-25-24(18-20)27(21-8-4-2-5-9-21)31(19-26(32)29-25)28(33)22-11-13-23(14-12-22)36(34,35)30-16-6-3-7-17-30/h2,4-5,8-15,18,27H,3,6-7,16-17,19H2,1H3,(H,29,32)/t27-/m1/s1. The summed E-state index contributed by atoms with van der Waals surface area (Å²) in [6.07, 6.45) is 2.75. The molecule has 0 aliphatic carbocycles. The third-order valence-electron chi connectivity index (χ3n) is 6.83. The van der Waals surface area contributed by atoms with Gasteiger partial charge in [-0.25, -0.2) is 8.42 Å². The molecule has 3 aromatic carbocycles. The second kappa shape index (κ2) is 9.87. The summed E-state index contributed by atoms with van der Waals surface area (Å²) in [6, 6.07) is 21.0. The highest BCUT2D eigenvalue weighted by Gasteiger charge is 2.34. The van der Waals surface area contributed by atoms with Crippen molar-refractivity contribution in [1.82, 2.24) is 9.21 Å². The molecule has 36 heavy (non-hydrogen) atoms. The third-order valence-corrected chi connectivity index (χ3v) is 8.74. The number of hydrogen-bond acceptors (Lipinski definition) is 4. The Bertz CT molecular complexity index is 1380. The highest BCUT2D eigenvalue weighted by molar-refractivity contribution is 7.89. The van der Waals surface area contributed by atoms with Gasteiger partial charge in [0, 0.05) is 29.9 Å². The van der Waals surface area contributed by atoms with Gasteiger partial charge in [0.15, 0.2) is 0 Å². The summed E-state index contributed by atoms with van der Waals surface area (Å²) in [5.41, 5.74) is 3.75. The zero-order chi connectivity index (χ0) is 25.3. The minimum absolute atomic E-state index is 0.125. The van der Waals surface area contributed by atoms with Crippen LogP contribution < -0.4 is 5.32 Å². The number of rotatable bonds is 4. The van der Waals surface area contributed by atoms with Gasteiger partial charge in [-0.05, 0) is 55.7 Å². The van der Waals surface area contributed by atoms with E-state index in [-0.39, 0.29) is 23.3 Å². The summed E-state index contributed by atoms with van der Waals surface area (Å²) < 4.78 is 27.6. The second-order valence-electron chi connectivity index (χ2n) is 9.37. The van der Waals surface area contributed by atoms with E-state index in [0.717, 1.165) is 36.0 Å². The van der Waals surface area contributed by atoms with Crippen LogP contribution in [0.2, 0.25) is 0 Å². The van der Waals surface area contributed by atoms with E-state index in [9.17, 15) is 18.0 Å². The zero-order valence-electron chi connectivity index (χ0n) is 20.2. The fourth-order valence-corrected chi connectivity index (χ4v) is 6.52. The maximum Gasteiger partial charge on any atom is 0.255 e. The first kappa shape index (κ1) is 24.2. The first-order chi connectivity index (χ1) is 17.3. The monoisotopic (exact) mass is 503 g/mol. The molecule has 0 saturated carbocycles.